The standard InChI is InChI=1S/C24H21ClF5N3O3S/c1-13(14-3-4-16(20(27)10-14)12-32-37(2,35)36)23(34)31-11-17-6-8-21(24(28,29)30)33-22(17)15-5-7-19(26)18(25)9-15/h3-10,13,32H,11-12H2,1-2H3,(H,31,34). The summed E-state index contributed by atoms with van der Waals surface area (Å²) in [6.45, 7) is 1.02. The van der Waals surface area contributed by atoms with Crippen LogP contribution in [0.3, 0.4) is 0 Å². The van der Waals surface area contributed by atoms with Gasteiger partial charge in [-0.3, -0.25) is 4.79 Å². The minimum atomic E-state index is -4.73. The smallest absolute Gasteiger partial charge is 0.351 e. The second kappa shape index (κ2) is 11.1. The third kappa shape index (κ3) is 7.46. The number of carbonyl (C=O) groups is 1. The van der Waals surface area contributed by atoms with Gasteiger partial charge >= 0.3 is 6.18 Å². The predicted molar refractivity (Wildman–Crippen MR) is 128 cm³/mol. The molecule has 0 radical (unpaired) electrons. The maximum absolute atomic E-state index is 14.4. The van der Waals surface area contributed by atoms with Gasteiger partial charge in [-0.2, -0.15) is 13.2 Å². The van der Waals surface area contributed by atoms with Gasteiger partial charge in [-0.15, -0.1) is 0 Å². The van der Waals surface area contributed by atoms with E-state index in [2.05, 4.69) is 15.0 Å². The zero-order valence-electron chi connectivity index (χ0n) is 19.5. The fourth-order valence-electron chi connectivity index (χ4n) is 3.35. The van der Waals surface area contributed by atoms with Gasteiger partial charge in [0.05, 0.1) is 22.9 Å². The number of pyridine rings is 1. The Morgan fingerprint density at radius 3 is 2.27 bits per heavy atom. The molecule has 1 aromatic heterocycles. The van der Waals surface area contributed by atoms with Crippen LogP contribution in [0.2, 0.25) is 5.02 Å². The number of nitrogens with zero attached hydrogens (tertiary/aromatic N) is 1. The van der Waals surface area contributed by atoms with Crippen molar-refractivity contribution in [3.8, 4) is 11.3 Å². The lowest BCUT2D eigenvalue weighted by Crippen LogP contribution is -2.28. The first-order valence-electron chi connectivity index (χ1n) is 10.7. The number of nitrogens with one attached hydrogen (secondary N) is 2. The summed E-state index contributed by atoms with van der Waals surface area (Å²) >= 11 is 5.79. The van der Waals surface area contributed by atoms with Gasteiger partial charge in [0, 0.05) is 24.2 Å². The van der Waals surface area contributed by atoms with Crippen LogP contribution < -0.4 is 10.0 Å². The van der Waals surface area contributed by atoms with E-state index >= 15 is 0 Å². The van der Waals surface area contributed by atoms with Crippen LogP contribution in [0.15, 0.2) is 48.5 Å². The normalized spacial score (nSPS) is 12.9. The van der Waals surface area contributed by atoms with Gasteiger partial charge in [0.25, 0.3) is 0 Å². The van der Waals surface area contributed by atoms with Crippen molar-refractivity contribution in [2.45, 2.75) is 32.1 Å². The summed E-state index contributed by atoms with van der Waals surface area (Å²) < 4.78 is 92.4. The summed E-state index contributed by atoms with van der Waals surface area (Å²) in [6.07, 6.45) is -3.80. The first-order chi connectivity index (χ1) is 17.2. The number of rotatable bonds is 8. The molecule has 2 N–H and O–H groups in total. The molecule has 6 nitrogen and oxygen atoms in total. The summed E-state index contributed by atoms with van der Waals surface area (Å²) in [5, 5.41) is 2.28. The predicted octanol–water partition coefficient (Wildman–Crippen LogP) is 5.17. The first kappa shape index (κ1) is 28.5. The molecule has 1 unspecified atom stereocenters. The molecule has 0 saturated carbocycles. The number of aromatic nitrogens is 1. The van der Waals surface area contributed by atoms with Gasteiger partial charge in [-0.1, -0.05) is 29.8 Å². The third-order valence-electron chi connectivity index (χ3n) is 5.41. The van der Waals surface area contributed by atoms with E-state index in [1.165, 1.54) is 25.1 Å². The van der Waals surface area contributed by atoms with Gasteiger partial charge in [0.1, 0.15) is 17.3 Å². The molecule has 2 aromatic carbocycles. The Kier molecular flexibility index (Phi) is 8.56. The number of benzene rings is 2. The molecule has 0 bridgehead atoms. The summed E-state index contributed by atoms with van der Waals surface area (Å²) in [6, 6.07) is 9.19. The summed E-state index contributed by atoms with van der Waals surface area (Å²) in [4.78, 5) is 16.4. The van der Waals surface area contributed by atoms with E-state index in [0.29, 0.717) is 5.56 Å². The van der Waals surface area contributed by atoms with Crippen molar-refractivity contribution in [3.05, 3.63) is 87.6 Å². The van der Waals surface area contributed by atoms with Gasteiger partial charge < -0.3 is 5.32 Å². The Morgan fingerprint density at radius 2 is 1.68 bits per heavy atom. The zero-order valence-corrected chi connectivity index (χ0v) is 21.0. The molecule has 0 saturated heterocycles. The van der Waals surface area contributed by atoms with E-state index in [4.69, 9.17) is 11.6 Å². The van der Waals surface area contributed by atoms with Crippen LogP contribution in [-0.2, 0) is 34.1 Å². The Hall–Kier alpha value is -3.09. The molecule has 1 heterocycles. The maximum atomic E-state index is 14.4. The molecule has 1 amide bonds. The molecule has 0 fully saturated rings. The largest absolute Gasteiger partial charge is 0.433 e. The highest BCUT2D eigenvalue weighted by Crippen LogP contribution is 2.32. The van der Waals surface area contributed by atoms with Crippen LogP contribution in [0.25, 0.3) is 11.3 Å². The molecular weight excluding hydrogens is 541 g/mol. The topological polar surface area (TPSA) is 88.2 Å². The Bertz CT molecular complexity index is 1430. The first-order valence-corrected chi connectivity index (χ1v) is 13.0. The number of sulfonamides is 1. The van der Waals surface area contributed by atoms with Crippen LogP contribution >= 0.6 is 11.6 Å². The maximum Gasteiger partial charge on any atom is 0.433 e. The zero-order chi connectivity index (χ0) is 27.5. The molecule has 1 atom stereocenters. The third-order valence-corrected chi connectivity index (χ3v) is 6.37. The number of amides is 1. The van der Waals surface area contributed by atoms with E-state index in [1.807, 2.05) is 0 Å². The molecule has 0 aliphatic rings. The van der Waals surface area contributed by atoms with Crippen LogP contribution in [0.1, 0.15) is 35.2 Å². The van der Waals surface area contributed by atoms with E-state index in [0.717, 1.165) is 36.6 Å². The molecule has 0 aliphatic heterocycles. The average Bonchev–Trinajstić information content (AvgIpc) is 2.81. The molecule has 198 valence electrons. The highest BCUT2D eigenvalue weighted by atomic mass is 35.5. The Labute approximate surface area is 214 Å². The number of halogens is 6. The minimum absolute atomic E-state index is 0.0835. The van der Waals surface area contributed by atoms with Crippen LogP contribution in [-0.4, -0.2) is 25.6 Å². The summed E-state index contributed by atoms with van der Waals surface area (Å²) in [5.74, 6) is -2.87. The second-order valence-electron chi connectivity index (χ2n) is 8.21. The van der Waals surface area contributed by atoms with E-state index < -0.39 is 45.4 Å². The van der Waals surface area contributed by atoms with Gasteiger partial charge in [-0.05, 0) is 48.4 Å². The summed E-state index contributed by atoms with van der Waals surface area (Å²) in [5.41, 5.74) is -0.597. The van der Waals surface area contributed by atoms with Crippen LogP contribution in [0.5, 0.6) is 0 Å². The lowest BCUT2D eigenvalue weighted by Gasteiger charge is -2.16. The van der Waals surface area contributed by atoms with Gasteiger partial charge in [-0.25, -0.2) is 26.9 Å². The molecule has 37 heavy (non-hydrogen) atoms. The van der Waals surface area contributed by atoms with Gasteiger partial charge in [0.2, 0.25) is 15.9 Å². The van der Waals surface area contributed by atoms with E-state index in [9.17, 15) is 35.2 Å². The van der Waals surface area contributed by atoms with Crippen molar-refractivity contribution in [1.82, 2.24) is 15.0 Å². The fraction of sp³-hybridized carbons (Fsp3) is 0.250. The molecular formula is C24H21ClF5N3O3S. The highest BCUT2D eigenvalue weighted by Gasteiger charge is 2.33. The SMILES string of the molecule is CC(C(=O)NCc1ccc(C(F)(F)F)nc1-c1ccc(F)c(Cl)c1)c1ccc(CNS(C)(=O)=O)c(F)c1. The van der Waals surface area contributed by atoms with Gasteiger partial charge in [0.15, 0.2) is 0 Å². The number of hydrogen-bond acceptors (Lipinski definition) is 4. The second-order valence-corrected chi connectivity index (χ2v) is 10.5. The van der Waals surface area contributed by atoms with Crippen molar-refractivity contribution in [1.29, 1.82) is 0 Å². The van der Waals surface area contributed by atoms with Crippen molar-refractivity contribution >= 4 is 27.5 Å². The quantitative estimate of drug-likeness (QED) is 0.372. The molecule has 3 rings (SSSR count). The van der Waals surface area contributed by atoms with Crippen molar-refractivity contribution in [3.63, 3.8) is 0 Å². The van der Waals surface area contributed by atoms with Crippen molar-refractivity contribution < 1.29 is 35.2 Å². The molecule has 0 spiro atoms. The molecule has 13 heteroatoms. The lowest BCUT2D eigenvalue weighted by atomic mass is 9.98. The Balaban J connectivity index is 1.81. The van der Waals surface area contributed by atoms with E-state index in [-0.39, 0.29) is 40.5 Å². The fourth-order valence-corrected chi connectivity index (χ4v) is 3.95. The number of hydrogen-bond donors (Lipinski definition) is 2. The minimum Gasteiger partial charge on any atom is -0.351 e. The summed E-state index contributed by atoms with van der Waals surface area (Å²) in [7, 11) is -3.53. The highest BCUT2D eigenvalue weighted by molar-refractivity contribution is 7.88. The van der Waals surface area contributed by atoms with E-state index in [1.54, 1.807) is 0 Å². The van der Waals surface area contributed by atoms with Crippen LogP contribution in [0, 0.1) is 11.6 Å². The van der Waals surface area contributed by atoms with Crippen LogP contribution in [0.4, 0.5) is 22.0 Å². The molecule has 3 aromatic rings. The molecule has 0 aliphatic carbocycles. The monoisotopic (exact) mass is 561 g/mol. The van der Waals surface area contributed by atoms with Crippen molar-refractivity contribution in [2.24, 2.45) is 0 Å². The average molecular weight is 562 g/mol. The number of alkyl halides is 3. The lowest BCUT2D eigenvalue weighted by molar-refractivity contribution is -0.141. The Morgan fingerprint density at radius 1 is 1.00 bits per heavy atom. The van der Waals surface area contributed by atoms with Crippen molar-refractivity contribution in [2.75, 3.05) is 6.26 Å². The number of carbonyl (C=O) groups excluding carboxylic acids is 1.